The summed E-state index contributed by atoms with van der Waals surface area (Å²) in [6.45, 7) is 2.01. The van der Waals surface area contributed by atoms with E-state index >= 15 is 0 Å². The highest BCUT2D eigenvalue weighted by molar-refractivity contribution is 5.87. The van der Waals surface area contributed by atoms with Gasteiger partial charge in [-0.3, -0.25) is 4.79 Å². The van der Waals surface area contributed by atoms with Crippen molar-refractivity contribution in [2.45, 2.75) is 51.1 Å². The maximum Gasteiger partial charge on any atom is 0.243 e. The van der Waals surface area contributed by atoms with E-state index in [-0.39, 0.29) is 18.0 Å². The van der Waals surface area contributed by atoms with Crippen molar-refractivity contribution in [3.8, 4) is 0 Å². The predicted molar refractivity (Wildman–Crippen MR) is 57.8 cm³/mol. The average molecular weight is 196 g/mol. The van der Waals surface area contributed by atoms with Crippen molar-refractivity contribution in [3.05, 3.63) is 12.2 Å². The summed E-state index contributed by atoms with van der Waals surface area (Å²) in [4.78, 5) is 11.3. The molecule has 3 heteroatoms. The average Bonchev–Trinajstić information content (AvgIpc) is 2.15. The van der Waals surface area contributed by atoms with Crippen molar-refractivity contribution in [2.75, 3.05) is 0 Å². The normalized spacial score (nSPS) is 27.9. The van der Waals surface area contributed by atoms with E-state index in [1.807, 2.05) is 13.0 Å². The van der Waals surface area contributed by atoms with E-state index in [4.69, 9.17) is 5.73 Å². The van der Waals surface area contributed by atoms with Crippen molar-refractivity contribution in [1.82, 2.24) is 5.32 Å². The summed E-state index contributed by atoms with van der Waals surface area (Å²) in [5.74, 6) is 0.0194. The lowest BCUT2D eigenvalue weighted by Crippen LogP contribution is -2.41. The van der Waals surface area contributed by atoms with E-state index in [2.05, 4.69) is 5.32 Å². The molecule has 1 aliphatic carbocycles. The number of hydrogen-bond acceptors (Lipinski definition) is 2. The fourth-order valence-corrected chi connectivity index (χ4v) is 1.83. The monoisotopic (exact) mass is 196 g/mol. The second kappa shape index (κ2) is 5.81. The number of hydrogen-bond donors (Lipinski definition) is 2. The summed E-state index contributed by atoms with van der Waals surface area (Å²) < 4.78 is 0. The van der Waals surface area contributed by atoms with Crippen LogP contribution in [0, 0.1) is 0 Å². The molecule has 0 radical (unpaired) electrons. The molecule has 1 saturated carbocycles. The van der Waals surface area contributed by atoms with Gasteiger partial charge in [-0.25, -0.2) is 0 Å². The van der Waals surface area contributed by atoms with Crippen LogP contribution in [-0.2, 0) is 4.79 Å². The third kappa shape index (κ3) is 3.92. The fraction of sp³-hybridized carbons (Fsp3) is 0.727. The number of amides is 1. The number of carbonyl (C=O) groups excluding carboxylic acids is 1. The maximum atomic E-state index is 11.3. The summed E-state index contributed by atoms with van der Waals surface area (Å²) in [6, 6.07) is 0.553. The fourth-order valence-electron chi connectivity index (χ4n) is 1.83. The predicted octanol–water partition coefficient (Wildman–Crippen LogP) is 1.34. The summed E-state index contributed by atoms with van der Waals surface area (Å²) >= 11 is 0. The van der Waals surface area contributed by atoms with Gasteiger partial charge in [0.05, 0.1) is 0 Å². The molecule has 1 amide bonds. The van der Waals surface area contributed by atoms with Crippen molar-refractivity contribution >= 4 is 5.91 Å². The van der Waals surface area contributed by atoms with E-state index in [1.54, 1.807) is 6.08 Å². The minimum absolute atomic E-state index is 0.0194. The van der Waals surface area contributed by atoms with Crippen LogP contribution in [0.1, 0.15) is 39.0 Å². The minimum Gasteiger partial charge on any atom is -0.350 e. The summed E-state index contributed by atoms with van der Waals surface area (Å²) in [5, 5.41) is 2.98. The molecule has 14 heavy (non-hydrogen) atoms. The molecule has 0 aliphatic heterocycles. The first-order valence-corrected chi connectivity index (χ1v) is 5.45. The molecule has 3 N–H and O–H groups in total. The van der Waals surface area contributed by atoms with Crippen LogP contribution >= 0.6 is 0 Å². The van der Waals surface area contributed by atoms with Gasteiger partial charge in [0.2, 0.25) is 5.91 Å². The molecule has 0 spiro atoms. The molecule has 1 aliphatic rings. The second-order valence-electron chi connectivity index (χ2n) is 3.94. The lowest BCUT2D eigenvalue weighted by Gasteiger charge is -2.26. The van der Waals surface area contributed by atoms with Crippen LogP contribution in [0.25, 0.3) is 0 Å². The standard InChI is InChI=1S/C11H20N2O/c1-2-3-7-11(14)13-10-6-4-5-9(12)8-10/h3,7,9-10H,2,4-6,8,12H2,1H3,(H,13,14)/b7-3+. The topological polar surface area (TPSA) is 55.1 Å². The van der Waals surface area contributed by atoms with Gasteiger partial charge in [0.1, 0.15) is 0 Å². The van der Waals surface area contributed by atoms with Gasteiger partial charge in [0, 0.05) is 12.1 Å². The van der Waals surface area contributed by atoms with E-state index in [0.717, 1.165) is 32.1 Å². The van der Waals surface area contributed by atoms with Gasteiger partial charge in [0.15, 0.2) is 0 Å². The number of nitrogens with two attached hydrogens (primary N) is 1. The molecule has 0 aromatic carbocycles. The molecule has 1 fully saturated rings. The summed E-state index contributed by atoms with van der Waals surface area (Å²) in [5.41, 5.74) is 5.83. The Labute approximate surface area is 85.7 Å². The van der Waals surface area contributed by atoms with Crippen LogP contribution in [-0.4, -0.2) is 18.0 Å². The molecule has 2 unspecified atom stereocenters. The first-order valence-electron chi connectivity index (χ1n) is 5.45. The van der Waals surface area contributed by atoms with E-state index < -0.39 is 0 Å². The van der Waals surface area contributed by atoms with Crippen LogP contribution in [0.3, 0.4) is 0 Å². The first-order chi connectivity index (χ1) is 6.72. The number of nitrogens with one attached hydrogen (secondary N) is 1. The molecule has 0 bridgehead atoms. The zero-order valence-corrected chi connectivity index (χ0v) is 8.83. The largest absolute Gasteiger partial charge is 0.350 e. The zero-order valence-electron chi connectivity index (χ0n) is 8.83. The summed E-state index contributed by atoms with van der Waals surface area (Å²) in [7, 11) is 0. The zero-order chi connectivity index (χ0) is 10.4. The number of allylic oxidation sites excluding steroid dienone is 1. The van der Waals surface area contributed by atoms with Crippen molar-refractivity contribution in [1.29, 1.82) is 0 Å². The molecule has 0 aromatic rings. The highest BCUT2D eigenvalue weighted by atomic mass is 16.1. The molecular formula is C11H20N2O. The van der Waals surface area contributed by atoms with Crippen molar-refractivity contribution in [3.63, 3.8) is 0 Å². The third-order valence-electron chi connectivity index (χ3n) is 2.57. The van der Waals surface area contributed by atoms with Gasteiger partial charge in [-0.2, -0.15) is 0 Å². The van der Waals surface area contributed by atoms with Gasteiger partial charge in [-0.05, 0) is 38.2 Å². The minimum atomic E-state index is 0.0194. The Morgan fingerprint density at radius 3 is 3.00 bits per heavy atom. The van der Waals surface area contributed by atoms with Crippen LogP contribution in [0.2, 0.25) is 0 Å². The molecular weight excluding hydrogens is 176 g/mol. The van der Waals surface area contributed by atoms with Crippen LogP contribution < -0.4 is 11.1 Å². The van der Waals surface area contributed by atoms with Crippen LogP contribution in [0.15, 0.2) is 12.2 Å². The lowest BCUT2D eigenvalue weighted by molar-refractivity contribution is -0.117. The van der Waals surface area contributed by atoms with Crippen LogP contribution in [0.4, 0.5) is 0 Å². The lowest BCUT2D eigenvalue weighted by atomic mass is 9.91. The number of rotatable bonds is 3. The number of carbonyl (C=O) groups is 1. The van der Waals surface area contributed by atoms with Crippen molar-refractivity contribution in [2.24, 2.45) is 5.73 Å². The van der Waals surface area contributed by atoms with Gasteiger partial charge in [-0.15, -0.1) is 0 Å². The maximum absolute atomic E-state index is 11.3. The third-order valence-corrected chi connectivity index (χ3v) is 2.57. The molecule has 2 atom stereocenters. The van der Waals surface area contributed by atoms with Gasteiger partial charge in [-0.1, -0.05) is 13.0 Å². The second-order valence-corrected chi connectivity index (χ2v) is 3.94. The smallest absolute Gasteiger partial charge is 0.243 e. The molecule has 0 heterocycles. The van der Waals surface area contributed by atoms with Gasteiger partial charge < -0.3 is 11.1 Å². The van der Waals surface area contributed by atoms with Crippen LogP contribution in [0.5, 0.6) is 0 Å². The molecule has 80 valence electrons. The van der Waals surface area contributed by atoms with Gasteiger partial charge in [0.25, 0.3) is 0 Å². The van der Waals surface area contributed by atoms with Crippen molar-refractivity contribution < 1.29 is 4.79 Å². The Bertz CT molecular complexity index is 213. The molecule has 0 aromatic heterocycles. The Balaban J connectivity index is 2.28. The Hall–Kier alpha value is -0.830. The highest BCUT2D eigenvalue weighted by Crippen LogP contribution is 2.16. The van der Waals surface area contributed by atoms with Gasteiger partial charge >= 0.3 is 0 Å². The molecule has 3 nitrogen and oxygen atoms in total. The van der Waals surface area contributed by atoms with E-state index in [1.165, 1.54) is 0 Å². The quantitative estimate of drug-likeness (QED) is 0.669. The van der Waals surface area contributed by atoms with E-state index in [9.17, 15) is 4.79 Å². The highest BCUT2D eigenvalue weighted by Gasteiger charge is 2.19. The Morgan fingerprint density at radius 2 is 2.36 bits per heavy atom. The molecule has 1 rings (SSSR count). The Kier molecular flexibility index (Phi) is 4.66. The van der Waals surface area contributed by atoms with E-state index in [0.29, 0.717) is 0 Å². The summed E-state index contributed by atoms with van der Waals surface area (Å²) in [6.07, 6.45) is 8.60. The first kappa shape index (κ1) is 11.2. The molecule has 0 saturated heterocycles. The Morgan fingerprint density at radius 1 is 1.57 bits per heavy atom. The SMILES string of the molecule is CC/C=C/C(=O)NC1CCCC(N)C1.